The van der Waals surface area contributed by atoms with E-state index in [1.165, 1.54) is 4.88 Å². The Labute approximate surface area is 47.8 Å². The maximum atomic E-state index is 3.03. The molecule has 0 aliphatic carbocycles. The fourth-order valence-corrected chi connectivity index (χ4v) is 1.000. The second-order valence-corrected chi connectivity index (χ2v) is 2.17. The number of hydrogen-bond donors (Lipinski definition) is 0. The van der Waals surface area contributed by atoms with Crippen molar-refractivity contribution in [3.05, 3.63) is 28.8 Å². The lowest BCUT2D eigenvalue weighted by atomic mass is 10.4. The summed E-state index contributed by atoms with van der Waals surface area (Å²) < 4.78 is 0. The van der Waals surface area contributed by atoms with Crippen molar-refractivity contribution in [3.63, 3.8) is 0 Å². The van der Waals surface area contributed by atoms with Crippen LogP contribution in [0, 0.1) is 6.42 Å². The molecule has 1 aromatic rings. The quantitative estimate of drug-likeness (QED) is 0.520. The summed E-state index contributed by atoms with van der Waals surface area (Å²) in [5.74, 6) is 0. The van der Waals surface area contributed by atoms with Crippen LogP contribution in [-0.4, -0.2) is 0 Å². The summed E-state index contributed by atoms with van der Waals surface area (Å²) in [5.41, 5.74) is 0. The van der Waals surface area contributed by atoms with Gasteiger partial charge in [-0.15, -0.1) is 11.3 Å². The molecule has 1 aromatic heterocycles. The first-order chi connectivity index (χ1) is 3.43. The normalized spacial score (nSPS) is 9.29. The van der Waals surface area contributed by atoms with Crippen molar-refractivity contribution in [1.29, 1.82) is 0 Å². The van der Waals surface area contributed by atoms with E-state index in [1.807, 2.05) is 24.4 Å². The summed E-state index contributed by atoms with van der Waals surface area (Å²) in [4.78, 5) is 1.22. The van der Waals surface area contributed by atoms with Gasteiger partial charge in [0.2, 0.25) is 0 Å². The van der Waals surface area contributed by atoms with E-state index in [-0.39, 0.29) is 0 Å². The zero-order chi connectivity index (χ0) is 5.11. The maximum absolute atomic E-state index is 3.03. The molecule has 0 spiro atoms. The lowest BCUT2D eigenvalue weighted by Gasteiger charge is -1.76. The van der Waals surface area contributed by atoms with Crippen LogP contribution in [0.3, 0.4) is 0 Å². The molecular weight excluding hydrogens is 104 g/mol. The fourth-order valence-electron chi connectivity index (χ4n) is 0.421. The van der Waals surface area contributed by atoms with E-state index >= 15 is 0 Å². The average molecular weight is 110 g/mol. The van der Waals surface area contributed by atoms with Crippen LogP contribution >= 0.6 is 11.3 Å². The molecule has 1 rings (SSSR count). The predicted octanol–water partition coefficient (Wildman–Crippen LogP) is 2.20. The Balaban J connectivity index is 2.76. The minimum atomic E-state index is 1.22. The van der Waals surface area contributed by atoms with Crippen LogP contribution in [0.1, 0.15) is 11.8 Å². The van der Waals surface area contributed by atoms with E-state index < -0.39 is 0 Å². The van der Waals surface area contributed by atoms with Crippen molar-refractivity contribution in [2.75, 3.05) is 0 Å². The predicted molar refractivity (Wildman–Crippen MR) is 32.3 cm³/mol. The van der Waals surface area contributed by atoms with E-state index in [4.69, 9.17) is 0 Å². The smallest absolute Gasteiger partial charge is 0.0241 e. The highest BCUT2D eigenvalue weighted by molar-refractivity contribution is 7.10. The van der Waals surface area contributed by atoms with Crippen LogP contribution in [0.5, 0.6) is 0 Å². The van der Waals surface area contributed by atoms with Gasteiger partial charge in [0.1, 0.15) is 0 Å². The van der Waals surface area contributed by atoms with Crippen LogP contribution in [0.4, 0.5) is 0 Å². The lowest BCUT2D eigenvalue weighted by molar-refractivity contribution is 1.52. The molecule has 36 valence electrons. The summed E-state index contributed by atoms with van der Waals surface area (Å²) in [6.07, 6.45) is 3.03. The zero-order valence-corrected chi connectivity index (χ0v) is 4.96. The zero-order valence-electron chi connectivity index (χ0n) is 4.14. The first-order valence-corrected chi connectivity index (χ1v) is 3.02. The summed E-state index contributed by atoms with van der Waals surface area (Å²) in [6.45, 7) is 1.92. The van der Waals surface area contributed by atoms with Gasteiger partial charge in [-0.05, 0) is 11.4 Å². The Hall–Kier alpha value is -0.300. The molecule has 7 heavy (non-hydrogen) atoms. The Morgan fingerprint density at radius 3 is 2.86 bits per heavy atom. The van der Waals surface area contributed by atoms with Crippen LogP contribution < -0.4 is 0 Å². The second-order valence-electron chi connectivity index (χ2n) is 1.23. The second kappa shape index (κ2) is 2.12. The van der Waals surface area contributed by atoms with Gasteiger partial charge in [-0.25, -0.2) is 0 Å². The number of thiophene rings is 1. The van der Waals surface area contributed by atoms with Gasteiger partial charge in [-0.2, -0.15) is 0 Å². The van der Waals surface area contributed by atoms with Crippen molar-refractivity contribution in [3.8, 4) is 0 Å². The minimum absolute atomic E-state index is 1.22. The molecule has 0 aliphatic heterocycles. The molecule has 0 saturated heterocycles. The molecule has 0 aromatic carbocycles. The number of rotatable bonds is 1. The SMILES string of the molecule is C[C]c1cccs1. The van der Waals surface area contributed by atoms with Gasteiger partial charge in [0, 0.05) is 11.3 Å². The van der Waals surface area contributed by atoms with Crippen molar-refractivity contribution < 1.29 is 0 Å². The van der Waals surface area contributed by atoms with E-state index in [2.05, 4.69) is 6.42 Å². The van der Waals surface area contributed by atoms with Crippen molar-refractivity contribution in [2.45, 2.75) is 6.92 Å². The highest BCUT2D eigenvalue weighted by Gasteiger charge is 1.83. The Kier molecular flexibility index (Phi) is 1.47. The topological polar surface area (TPSA) is 0 Å². The molecule has 0 atom stereocenters. The van der Waals surface area contributed by atoms with Crippen molar-refractivity contribution >= 4 is 11.3 Å². The monoisotopic (exact) mass is 110 g/mol. The van der Waals surface area contributed by atoms with Gasteiger partial charge >= 0.3 is 0 Å². The molecule has 0 nitrogen and oxygen atoms in total. The van der Waals surface area contributed by atoms with Gasteiger partial charge in [0.05, 0.1) is 0 Å². The summed E-state index contributed by atoms with van der Waals surface area (Å²) in [5, 5.41) is 2.05. The third-order valence-electron chi connectivity index (χ3n) is 0.768. The van der Waals surface area contributed by atoms with E-state index in [0.717, 1.165) is 0 Å². The van der Waals surface area contributed by atoms with Crippen molar-refractivity contribution in [2.24, 2.45) is 0 Å². The standard InChI is InChI=1S/C6H6S/c1-2-6-4-3-5-7-6/h3-5H,1H3. The molecule has 2 radical (unpaired) electrons. The van der Waals surface area contributed by atoms with E-state index in [1.54, 1.807) is 11.3 Å². The van der Waals surface area contributed by atoms with Crippen LogP contribution in [-0.2, 0) is 0 Å². The summed E-state index contributed by atoms with van der Waals surface area (Å²) in [7, 11) is 0. The van der Waals surface area contributed by atoms with Crippen LogP contribution in [0.25, 0.3) is 0 Å². The van der Waals surface area contributed by atoms with E-state index in [9.17, 15) is 0 Å². The largest absolute Gasteiger partial charge is 0.148 e. The third-order valence-corrected chi connectivity index (χ3v) is 1.65. The molecule has 0 aliphatic rings. The van der Waals surface area contributed by atoms with Crippen molar-refractivity contribution in [1.82, 2.24) is 0 Å². The Bertz CT molecular complexity index is 119. The average Bonchev–Trinajstić information content (AvgIpc) is 2.14. The summed E-state index contributed by atoms with van der Waals surface area (Å²) >= 11 is 1.71. The van der Waals surface area contributed by atoms with Gasteiger partial charge in [0.15, 0.2) is 0 Å². The number of hydrogen-bond acceptors (Lipinski definition) is 1. The molecule has 0 bridgehead atoms. The lowest BCUT2D eigenvalue weighted by Crippen LogP contribution is -1.58. The molecule has 0 N–H and O–H groups in total. The molecular formula is C6H6S. The first kappa shape index (κ1) is 4.85. The Morgan fingerprint density at radius 1 is 1.71 bits per heavy atom. The molecule has 1 heterocycles. The first-order valence-electron chi connectivity index (χ1n) is 2.15. The molecule has 0 saturated carbocycles. The molecule has 0 unspecified atom stereocenters. The van der Waals surface area contributed by atoms with Crippen LogP contribution in [0.15, 0.2) is 17.5 Å². The highest BCUT2D eigenvalue weighted by Crippen LogP contribution is 2.08. The Morgan fingerprint density at radius 2 is 2.57 bits per heavy atom. The van der Waals surface area contributed by atoms with Gasteiger partial charge in [0.25, 0.3) is 0 Å². The molecule has 1 heteroatoms. The highest BCUT2D eigenvalue weighted by atomic mass is 32.1. The molecule has 0 fully saturated rings. The van der Waals surface area contributed by atoms with E-state index in [0.29, 0.717) is 0 Å². The summed E-state index contributed by atoms with van der Waals surface area (Å²) in [6, 6.07) is 4.07. The minimum Gasteiger partial charge on any atom is -0.148 e. The van der Waals surface area contributed by atoms with Crippen LogP contribution in [0.2, 0.25) is 0 Å². The molecule has 0 amide bonds. The van der Waals surface area contributed by atoms with Gasteiger partial charge in [-0.1, -0.05) is 13.0 Å². The fraction of sp³-hybridized carbons (Fsp3) is 0.167. The van der Waals surface area contributed by atoms with Gasteiger partial charge in [-0.3, -0.25) is 0 Å². The van der Waals surface area contributed by atoms with Gasteiger partial charge < -0.3 is 0 Å². The maximum Gasteiger partial charge on any atom is 0.0241 e. The third kappa shape index (κ3) is 1.03.